The number of anilines is 1. The molecule has 2 fully saturated rings. The minimum atomic E-state index is -1.28. The Labute approximate surface area is 256 Å². The second-order valence-corrected chi connectivity index (χ2v) is 12.8. The number of benzene rings is 3. The molecule has 4 atom stereocenters. The van der Waals surface area contributed by atoms with Crippen molar-refractivity contribution in [2.45, 2.75) is 43.3 Å². The molecule has 0 unspecified atom stereocenters. The number of carbonyl (C=O) groups excluding carboxylic acids is 2. The number of rotatable bonds is 4. The average molecular weight is 621 g/mol. The molecular formula is C32H27Cl2FN4O4. The smallest absolute Gasteiger partial charge is 0.338 e. The van der Waals surface area contributed by atoms with Gasteiger partial charge in [0.2, 0.25) is 11.8 Å². The number of aryl methyl sites for hydroxylation is 1. The van der Waals surface area contributed by atoms with E-state index < -0.39 is 29.3 Å². The number of methoxy groups -OCH3 is 1. The second kappa shape index (κ2) is 9.42. The molecule has 1 aromatic heterocycles. The third kappa shape index (κ3) is 3.68. The number of carbonyl (C=O) groups is 2. The van der Waals surface area contributed by atoms with Crippen molar-refractivity contribution in [1.82, 2.24) is 14.7 Å². The summed E-state index contributed by atoms with van der Waals surface area (Å²) in [5.41, 5.74) is 2.15. The number of fused-ring (bicyclic) bond motifs is 7. The van der Waals surface area contributed by atoms with Gasteiger partial charge in [-0.3, -0.25) is 9.69 Å². The van der Waals surface area contributed by atoms with Crippen molar-refractivity contribution >= 4 is 51.7 Å². The fraction of sp³-hybridized carbons (Fsp3) is 0.344. The Morgan fingerprint density at radius 2 is 2.02 bits per heavy atom. The minimum Gasteiger partial charge on any atom is -0.476 e. The van der Waals surface area contributed by atoms with Gasteiger partial charge in [0.05, 0.1) is 40.7 Å². The standard InChI is InChI=1S/C32H27Cl2FN4O4/c1-15-10-23-20(12-19(15)30(40)42-2)29-39(37-23)28-25(14-43-29)38(13-16-6-7-16)32(26(28)18-4-3-5-22(34)27(18)35)21-9-8-17(33)11-24(21)36-31(32)41/h3-5,8-12,16,25-26,28H,6-7,13-14H2,1-2H3,(H,36,41)/t25-,26-,28+,32+/m0/s1. The largest absolute Gasteiger partial charge is 0.476 e. The highest BCUT2D eigenvalue weighted by Gasteiger charge is 2.69. The molecule has 3 aromatic carbocycles. The van der Waals surface area contributed by atoms with E-state index >= 15 is 4.39 Å². The van der Waals surface area contributed by atoms with Crippen LogP contribution in [0.5, 0.6) is 5.88 Å². The molecule has 1 saturated heterocycles. The number of amides is 1. The number of hydrogen-bond donors (Lipinski definition) is 1. The van der Waals surface area contributed by atoms with Gasteiger partial charge in [0, 0.05) is 28.7 Å². The van der Waals surface area contributed by atoms with Gasteiger partial charge in [-0.05, 0) is 67.1 Å². The maximum absolute atomic E-state index is 16.2. The first-order chi connectivity index (χ1) is 20.7. The van der Waals surface area contributed by atoms with Crippen LogP contribution >= 0.6 is 23.2 Å². The number of esters is 1. The summed E-state index contributed by atoms with van der Waals surface area (Å²) in [6.07, 6.45) is 2.12. The van der Waals surface area contributed by atoms with Crippen LogP contribution in [0.1, 0.15) is 51.8 Å². The molecule has 4 aliphatic rings. The van der Waals surface area contributed by atoms with Crippen molar-refractivity contribution in [3.8, 4) is 5.88 Å². The van der Waals surface area contributed by atoms with Gasteiger partial charge in [-0.2, -0.15) is 5.10 Å². The lowest BCUT2D eigenvalue weighted by atomic mass is 9.73. The zero-order valence-corrected chi connectivity index (χ0v) is 24.9. The van der Waals surface area contributed by atoms with Crippen LogP contribution in [0.4, 0.5) is 10.1 Å². The number of ether oxygens (including phenoxy) is 2. The van der Waals surface area contributed by atoms with Crippen LogP contribution in [-0.2, 0) is 15.1 Å². The predicted octanol–water partition coefficient (Wildman–Crippen LogP) is 6.24. The minimum absolute atomic E-state index is 0.0177. The summed E-state index contributed by atoms with van der Waals surface area (Å²) in [6, 6.07) is 13.1. The number of nitrogens with one attached hydrogen (secondary N) is 1. The monoisotopic (exact) mass is 620 g/mol. The molecule has 8 nitrogen and oxygen atoms in total. The van der Waals surface area contributed by atoms with E-state index in [0.29, 0.717) is 56.6 Å². The van der Waals surface area contributed by atoms with Crippen LogP contribution in [0.3, 0.4) is 0 Å². The molecule has 0 radical (unpaired) electrons. The molecule has 8 rings (SSSR count). The molecule has 1 saturated carbocycles. The molecule has 11 heteroatoms. The number of aromatic nitrogens is 2. The lowest BCUT2D eigenvalue weighted by Gasteiger charge is -2.39. The molecule has 4 aromatic rings. The SMILES string of the molecule is COC(=O)c1cc2c3n(nc2cc1C)[C@@H]1[C@H](CO3)N(CC2CC2)[C@@]2(C(=O)Nc3cc(Cl)ccc32)[C@H]1c1cccc(Cl)c1F. The Balaban J connectivity index is 1.42. The van der Waals surface area contributed by atoms with Gasteiger partial charge in [-0.25, -0.2) is 13.9 Å². The Kier molecular flexibility index (Phi) is 5.90. The first-order valence-corrected chi connectivity index (χ1v) is 15.1. The molecular weight excluding hydrogens is 594 g/mol. The van der Waals surface area contributed by atoms with Gasteiger partial charge in [-0.15, -0.1) is 0 Å². The molecule has 1 amide bonds. The van der Waals surface area contributed by atoms with Crippen LogP contribution < -0.4 is 10.1 Å². The molecule has 43 heavy (non-hydrogen) atoms. The molecule has 0 bridgehead atoms. The Hall–Kier alpha value is -3.66. The van der Waals surface area contributed by atoms with Gasteiger partial charge < -0.3 is 14.8 Å². The highest BCUT2D eigenvalue weighted by Crippen LogP contribution is 2.63. The summed E-state index contributed by atoms with van der Waals surface area (Å²) >= 11 is 12.8. The highest BCUT2D eigenvalue weighted by molar-refractivity contribution is 6.31. The van der Waals surface area contributed by atoms with Crippen LogP contribution in [-0.4, -0.2) is 52.9 Å². The molecule has 1 aliphatic carbocycles. The third-order valence-corrected chi connectivity index (χ3v) is 10.1. The third-order valence-electron chi connectivity index (χ3n) is 9.57. The van der Waals surface area contributed by atoms with E-state index in [9.17, 15) is 9.59 Å². The zero-order valence-electron chi connectivity index (χ0n) is 23.4. The maximum Gasteiger partial charge on any atom is 0.338 e. The molecule has 1 N–H and O–H groups in total. The normalized spacial score (nSPS) is 25.8. The van der Waals surface area contributed by atoms with E-state index in [1.165, 1.54) is 13.2 Å². The predicted molar refractivity (Wildman–Crippen MR) is 159 cm³/mol. The lowest BCUT2D eigenvalue weighted by molar-refractivity contribution is -0.128. The van der Waals surface area contributed by atoms with Gasteiger partial charge in [0.1, 0.15) is 18.0 Å². The second-order valence-electron chi connectivity index (χ2n) is 11.9. The lowest BCUT2D eigenvalue weighted by Crippen LogP contribution is -2.54. The van der Waals surface area contributed by atoms with Crippen molar-refractivity contribution in [2.24, 2.45) is 5.92 Å². The van der Waals surface area contributed by atoms with Crippen LogP contribution in [0.25, 0.3) is 10.9 Å². The summed E-state index contributed by atoms with van der Waals surface area (Å²) in [5.74, 6) is -1.12. The number of halogens is 3. The van der Waals surface area contributed by atoms with E-state index in [1.54, 1.807) is 35.0 Å². The Bertz CT molecular complexity index is 1870. The summed E-state index contributed by atoms with van der Waals surface area (Å²) in [5, 5.41) is 9.19. The zero-order chi connectivity index (χ0) is 29.8. The molecule has 3 aliphatic heterocycles. The molecule has 1 spiro atoms. The van der Waals surface area contributed by atoms with E-state index in [4.69, 9.17) is 37.8 Å². The van der Waals surface area contributed by atoms with Crippen molar-refractivity contribution in [3.63, 3.8) is 0 Å². The number of hydrogen-bond acceptors (Lipinski definition) is 6. The van der Waals surface area contributed by atoms with E-state index in [2.05, 4.69) is 10.2 Å². The first kappa shape index (κ1) is 26.9. The Morgan fingerprint density at radius 3 is 2.79 bits per heavy atom. The van der Waals surface area contributed by atoms with Gasteiger partial charge in [0.25, 0.3) is 0 Å². The van der Waals surface area contributed by atoms with Gasteiger partial charge in [-0.1, -0.05) is 41.4 Å². The average Bonchev–Trinajstić information content (AvgIpc) is 3.59. The van der Waals surface area contributed by atoms with Crippen molar-refractivity contribution in [1.29, 1.82) is 0 Å². The quantitative estimate of drug-likeness (QED) is 0.272. The maximum atomic E-state index is 16.2. The van der Waals surface area contributed by atoms with E-state index in [-0.39, 0.29) is 23.6 Å². The van der Waals surface area contributed by atoms with Crippen LogP contribution in [0.2, 0.25) is 10.0 Å². The first-order valence-electron chi connectivity index (χ1n) is 14.3. The number of likely N-dealkylation sites (tertiary alicyclic amines) is 1. The topological polar surface area (TPSA) is 85.7 Å². The van der Waals surface area contributed by atoms with E-state index in [1.807, 2.05) is 19.1 Å². The van der Waals surface area contributed by atoms with Crippen molar-refractivity contribution < 1.29 is 23.5 Å². The fourth-order valence-electron chi connectivity index (χ4n) is 7.57. The summed E-state index contributed by atoms with van der Waals surface area (Å²) < 4.78 is 29.5. The van der Waals surface area contributed by atoms with Crippen molar-refractivity contribution in [3.05, 3.63) is 86.6 Å². The van der Waals surface area contributed by atoms with Gasteiger partial charge in [0.15, 0.2) is 0 Å². The highest BCUT2D eigenvalue weighted by atomic mass is 35.5. The van der Waals surface area contributed by atoms with Crippen molar-refractivity contribution in [2.75, 3.05) is 25.6 Å². The van der Waals surface area contributed by atoms with Crippen LogP contribution in [0, 0.1) is 18.7 Å². The summed E-state index contributed by atoms with van der Waals surface area (Å²) in [4.78, 5) is 29.3. The molecule has 220 valence electrons. The van der Waals surface area contributed by atoms with Crippen LogP contribution in [0.15, 0.2) is 48.5 Å². The van der Waals surface area contributed by atoms with E-state index in [0.717, 1.165) is 18.4 Å². The molecule has 4 heterocycles. The summed E-state index contributed by atoms with van der Waals surface area (Å²) in [6.45, 7) is 2.71. The summed E-state index contributed by atoms with van der Waals surface area (Å²) in [7, 11) is 1.34. The fourth-order valence-corrected chi connectivity index (χ4v) is 7.93. The Morgan fingerprint density at radius 1 is 1.21 bits per heavy atom. The number of nitrogens with zero attached hydrogens (tertiary/aromatic N) is 3. The van der Waals surface area contributed by atoms with Gasteiger partial charge >= 0.3 is 5.97 Å².